The molecule has 0 aliphatic rings. The normalized spacial score (nSPS) is 11.6. The van der Waals surface area contributed by atoms with E-state index in [1.54, 1.807) is 11.8 Å². The van der Waals surface area contributed by atoms with E-state index in [0.29, 0.717) is 29.1 Å². The van der Waals surface area contributed by atoms with E-state index in [-0.39, 0.29) is 12.5 Å². The molecule has 172 valence electrons. The van der Waals surface area contributed by atoms with Crippen molar-refractivity contribution in [1.29, 1.82) is 0 Å². The Hall–Kier alpha value is -2.31. The van der Waals surface area contributed by atoms with E-state index in [4.69, 9.17) is 4.42 Å². The lowest BCUT2D eigenvalue weighted by Crippen LogP contribution is -2.15. The summed E-state index contributed by atoms with van der Waals surface area (Å²) in [5.74, 6) is 1.70. The first kappa shape index (κ1) is 24.3. The van der Waals surface area contributed by atoms with Gasteiger partial charge in [-0.1, -0.05) is 76.2 Å². The van der Waals surface area contributed by atoms with Gasteiger partial charge in [0.1, 0.15) is 5.52 Å². The first-order valence-corrected chi connectivity index (χ1v) is 12.4. The molecule has 1 amide bonds. The van der Waals surface area contributed by atoms with Crippen LogP contribution >= 0.6 is 11.8 Å². The van der Waals surface area contributed by atoms with E-state index in [9.17, 15) is 9.90 Å². The van der Waals surface area contributed by atoms with Crippen LogP contribution in [0.2, 0.25) is 0 Å². The zero-order chi connectivity index (χ0) is 23.1. The van der Waals surface area contributed by atoms with Crippen molar-refractivity contribution in [2.45, 2.75) is 77.0 Å². The van der Waals surface area contributed by atoms with Crippen molar-refractivity contribution < 1.29 is 14.3 Å². The quantitative estimate of drug-likeness (QED) is 0.244. The number of amides is 1. The predicted octanol–water partition coefficient (Wildman–Crippen LogP) is 6.86. The molecule has 1 aromatic heterocycles. The van der Waals surface area contributed by atoms with E-state index >= 15 is 0 Å². The SMILES string of the molecule is CC(C)c1cccc(C(C)C)c1NC(=O)CCCCCSc1nc2c(CO)cccc2o1. The fourth-order valence-electron chi connectivity index (χ4n) is 3.80. The van der Waals surface area contributed by atoms with Crippen LogP contribution in [0.25, 0.3) is 11.1 Å². The van der Waals surface area contributed by atoms with E-state index in [1.807, 2.05) is 18.2 Å². The van der Waals surface area contributed by atoms with Crippen LogP contribution in [-0.4, -0.2) is 21.8 Å². The maximum absolute atomic E-state index is 12.6. The van der Waals surface area contributed by atoms with Gasteiger partial charge in [0.2, 0.25) is 5.91 Å². The fraction of sp³-hybridized carbons (Fsp3) is 0.462. The predicted molar refractivity (Wildman–Crippen MR) is 132 cm³/mol. The Morgan fingerprint density at radius 2 is 1.72 bits per heavy atom. The van der Waals surface area contributed by atoms with Crippen molar-refractivity contribution in [2.75, 3.05) is 11.1 Å². The number of unbranched alkanes of at least 4 members (excludes halogenated alkanes) is 2. The van der Waals surface area contributed by atoms with Gasteiger partial charge in [0.25, 0.3) is 5.22 Å². The molecule has 0 saturated heterocycles. The molecule has 3 rings (SSSR count). The molecule has 0 spiro atoms. The molecule has 3 aromatic rings. The van der Waals surface area contributed by atoms with Crippen molar-refractivity contribution in [3.63, 3.8) is 0 Å². The van der Waals surface area contributed by atoms with Crippen LogP contribution < -0.4 is 5.32 Å². The minimum absolute atomic E-state index is 0.0453. The average Bonchev–Trinajstić information content (AvgIpc) is 3.19. The van der Waals surface area contributed by atoms with Crippen LogP contribution in [0.4, 0.5) is 5.69 Å². The smallest absolute Gasteiger partial charge is 0.256 e. The van der Waals surface area contributed by atoms with Gasteiger partial charge in [0.15, 0.2) is 5.58 Å². The molecule has 0 aliphatic heterocycles. The standard InChI is InChI=1S/C26H34N2O3S/c1-17(2)20-11-9-12-21(18(3)4)25(20)27-23(30)14-6-5-7-15-32-26-28-24-19(16-29)10-8-13-22(24)31-26/h8-13,17-18,29H,5-7,14-16H2,1-4H3,(H,27,30). The van der Waals surface area contributed by atoms with Crippen LogP contribution in [0.1, 0.15) is 81.9 Å². The highest BCUT2D eigenvalue weighted by molar-refractivity contribution is 7.99. The summed E-state index contributed by atoms with van der Waals surface area (Å²) in [6, 6.07) is 11.9. The maximum Gasteiger partial charge on any atom is 0.256 e. The average molecular weight is 455 g/mol. The third-order valence-corrected chi connectivity index (χ3v) is 6.48. The number of hydrogen-bond donors (Lipinski definition) is 2. The first-order valence-electron chi connectivity index (χ1n) is 11.5. The van der Waals surface area contributed by atoms with Gasteiger partial charge in [-0.25, -0.2) is 4.98 Å². The summed E-state index contributed by atoms with van der Waals surface area (Å²) in [5.41, 5.74) is 5.61. The molecule has 0 bridgehead atoms. The largest absolute Gasteiger partial charge is 0.431 e. The number of anilines is 1. The van der Waals surface area contributed by atoms with E-state index in [1.165, 1.54) is 11.1 Å². The topological polar surface area (TPSA) is 75.4 Å². The van der Waals surface area contributed by atoms with Gasteiger partial charge >= 0.3 is 0 Å². The second-order valence-electron chi connectivity index (χ2n) is 8.73. The summed E-state index contributed by atoms with van der Waals surface area (Å²) < 4.78 is 5.76. The summed E-state index contributed by atoms with van der Waals surface area (Å²) in [5, 5.41) is 13.2. The van der Waals surface area contributed by atoms with E-state index < -0.39 is 0 Å². The number of hydrogen-bond acceptors (Lipinski definition) is 5. The first-order chi connectivity index (χ1) is 15.4. The monoisotopic (exact) mass is 454 g/mol. The highest BCUT2D eigenvalue weighted by atomic mass is 32.2. The van der Waals surface area contributed by atoms with Crippen LogP contribution in [0.15, 0.2) is 46.0 Å². The third-order valence-electron chi connectivity index (χ3n) is 5.56. The Balaban J connectivity index is 1.44. The molecular weight excluding hydrogens is 420 g/mol. The zero-order valence-corrected chi connectivity index (χ0v) is 20.3. The summed E-state index contributed by atoms with van der Waals surface area (Å²) in [6.07, 6.45) is 3.35. The Kier molecular flexibility index (Phi) is 8.76. The van der Waals surface area contributed by atoms with Gasteiger partial charge in [-0.3, -0.25) is 4.79 Å². The van der Waals surface area contributed by atoms with Gasteiger partial charge in [0, 0.05) is 23.4 Å². The summed E-state index contributed by atoms with van der Waals surface area (Å²) in [6.45, 7) is 8.60. The van der Waals surface area contributed by atoms with Crippen LogP contribution in [-0.2, 0) is 11.4 Å². The van der Waals surface area contributed by atoms with Crippen molar-refractivity contribution in [1.82, 2.24) is 4.98 Å². The zero-order valence-electron chi connectivity index (χ0n) is 19.5. The van der Waals surface area contributed by atoms with Crippen LogP contribution in [0.5, 0.6) is 0 Å². The Bertz CT molecular complexity index is 1020. The number of thioether (sulfide) groups is 1. The fourth-order valence-corrected chi connectivity index (χ4v) is 4.62. The van der Waals surface area contributed by atoms with Gasteiger partial charge in [-0.2, -0.15) is 0 Å². The Morgan fingerprint density at radius 3 is 2.38 bits per heavy atom. The Morgan fingerprint density at radius 1 is 1.03 bits per heavy atom. The molecule has 1 heterocycles. The second kappa shape index (κ2) is 11.5. The highest BCUT2D eigenvalue weighted by Gasteiger charge is 2.16. The number of carbonyl (C=O) groups is 1. The number of fused-ring (bicyclic) bond motifs is 1. The van der Waals surface area contributed by atoms with Gasteiger partial charge < -0.3 is 14.8 Å². The minimum Gasteiger partial charge on any atom is -0.431 e. The lowest BCUT2D eigenvalue weighted by molar-refractivity contribution is -0.116. The number of aliphatic hydroxyl groups excluding tert-OH is 1. The van der Waals surface area contributed by atoms with Gasteiger partial charge in [0.05, 0.1) is 6.61 Å². The maximum atomic E-state index is 12.6. The molecule has 2 N–H and O–H groups in total. The Labute approximate surface area is 195 Å². The molecule has 0 unspecified atom stereocenters. The summed E-state index contributed by atoms with van der Waals surface area (Å²) in [7, 11) is 0. The molecular formula is C26H34N2O3S. The van der Waals surface area contributed by atoms with Gasteiger partial charge in [-0.05, 0) is 41.9 Å². The third kappa shape index (κ3) is 6.14. The molecule has 0 fully saturated rings. The number of nitrogens with one attached hydrogen (secondary N) is 1. The minimum atomic E-state index is -0.0453. The van der Waals surface area contributed by atoms with E-state index in [2.05, 4.69) is 56.2 Å². The van der Waals surface area contributed by atoms with Crippen molar-refractivity contribution >= 4 is 34.5 Å². The van der Waals surface area contributed by atoms with Crippen molar-refractivity contribution in [3.8, 4) is 0 Å². The lowest BCUT2D eigenvalue weighted by Gasteiger charge is -2.20. The number of aliphatic hydroxyl groups is 1. The second-order valence-corrected chi connectivity index (χ2v) is 9.78. The highest BCUT2D eigenvalue weighted by Crippen LogP contribution is 2.32. The van der Waals surface area contributed by atoms with Crippen LogP contribution in [0, 0.1) is 0 Å². The molecule has 5 nitrogen and oxygen atoms in total. The molecule has 0 atom stereocenters. The molecule has 6 heteroatoms. The number of oxazole rings is 1. The number of rotatable bonds is 11. The number of para-hydroxylation sites is 2. The number of benzene rings is 2. The number of aromatic nitrogens is 1. The van der Waals surface area contributed by atoms with Crippen molar-refractivity contribution in [2.24, 2.45) is 0 Å². The summed E-state index contributed by atoms with van der Waals surface area (Å²) >= 11 is 1.58. The molecule has 0 radical (unpaired) electrons. The number of nitrogens with zero attached hydrogens (tertiary/aromatic N) is 1. The van der Waals surface area contributed by atoms with Crippen molar-refractivity contribution in [3.05, 3.63) is 53.1 Å². The molecule has 32 heavy (non-hydrogen) atoms. The van der Waals surface area contributed by atoms with Gasteiger partial charge in [-0.15, -0.1) is 0 Å². The lowest BCUT2D eigenvalue weighted by atomic mass is 9.92. The van der Waals surface area contributed by atoms with E-state index in [0.717, 1.165) is 41.8 Å². The molecule has 0 saturated carbocycles. The summed E-state index contributed by atoms with van der Waals surface area (Å²) in [4.78, 5) is 17.1. The molecule has 2 aromatic carbocycles. The van der Waals surface area contributed by atoms with Crippen LogP contribution in [0.3, 0.4) is 0 Å². The number of carbonyl (C=O) groups excluding carboxylic acids is 1. The molecule has 0 aliphatic carbocycles.